The van der Waals surface area contributed by atoms with E-state index < -0.39 is 5.55 Å². The van der Waals surface area contributed by atoms with Gasteiger partial charge in [0.05, 0.1) is 16.8 Å². The van der Waals surface area contributed by atoms with Crippen molar-refractivity contribution in [3.05, 3.63) is 12.2 Å². The lowest BCUT2D eigenvalue weighted by Crippen LogP contribution is -2.14. The van der Waals surface area contributed by atoms with Crippen LogP contribution in [0.2, 0.25) is 0 Å². The maximum absolute atomic E-state index is 12.4. The molecule has 0 heterocycles. The number of hydrogen-bond acceptors (Lipinski definition) is 1. The number of rotatable bonds is 8. The third-order valence-corrected chi connectivity index (χ3v) is 2.25. The molecule has 14 heavy (non-hydrogen) atoms. The molecule has 0 aromatic rings. The Labute approximate surface area is 87.9 Å². The average molecular weight is 222 g/mol. The summed E-state index contributed by atoms with van der Waals surface area (Å²) in [6, 6.07) is 0. The van der Waals surface area contributed by atoms with Crippen LogP contribution in [0.5, 0.6) is 0 Å². The summed E-state index contributed by atoms with van der Waals surface area (Å²) >= 11 is 0. The molecule has 0 aromatic heterocycles. The molecule has 0 aliphatic heterocycles. The average Bonchev–Trinajstić information content (AvgIpc) is 2.00. The Balaban J connectivity index is 3.11. The molecule has 0 bridgehead atoms. The van der Waals surface area contributed by atoms with Gasteiger partial charge in [-0.2, -0.15) is 0 Å². The van der Waals surface area contributed by atoms with Gasteiger partial charge in [0.1, 0.15) is 0 Å². The second-order valence-electron chi connectivity index (χ2n) is 3.89. The first-order chi connectivity index (χ1) is 6.42. The Bertz CT molecular complexity index is 166. The van der Waals surface area contributed by atoms with E-state index in [2.05, 4.69) is 6.58 Å². The minimum absolute atomic E-state index is 0.0308. The Morgan fingerprint density at radius 1 is 1.36 bits per heavy atom. The molecule has 1 nitrogen and oxygen atoms in total. The third-order valence-electron chi connectivity index (χ3n) is 1.75. The van der Waals surface area contributed by atoms with Gasteiger partial charge in [-0.15, -0.1) is 0 Å². The first-order valence-corrected chi connectivity index (χ1v) is 6.02. The Hall–Kier alpha value is -0.223. The van der Waals surface area contributed by atoms with Crippen LogP contribution < -0.4 is 0 Å². The van der Waals surface area contributed by atoms with E-state index in [0.717, 1.165) is 18.4 Å². The molecule has 84 valence electrons. The van der Waals surface area contributed by atoms with Gasteiger partial charge in [-0.25, -0.2) is 8.78 Å². The van der Waals surface area contributed by atoms with Crippen molar-refractivity contribution in [2.45, 2.75) is 38.2 Å². The first kappa shape index (κ1) is 13.8. The highest BCUT2D eigenvalue weighted by Gasteiger charge is 2.18. The van der Waals surface area contributed by atoms with Crippen LogP contribution in [0.15, 0.2) is 12.2 Å². The molecule has 0 radical (unpaired) electrons. The third kappa shape index (κ3) is 11.8. The number of halogens is 2. The van der Waals surface area contributed by atoms with Crippen molar-refractivity contribution >= 4 is 10.2 Å². The van der Waals surface area contributed by atoms with E-state index in [1.807, 2.05) is 6.92 Å². The molecule has 0 spiro atoms. The van der Waals surface area contributed by atoms with Crippen LogP contribution >= 0.6 is 0 Å². The van der Waals surface area contributed by atoms with Crippen molar-refractivity contribution in [2.75, 3.05) is 13.2 Å². The minimum Gasteiger partial charge on any atom is -0.377 e. The van der Waals surface area contributed by atoms with Crippen LogP contribution in [-0.4, -0.2) is 29.0 Å². The van der Waals surface area contributed by atoms with Crippen LogP contribution in [0.25, 0.3) is 0 Å². The minimum atomic E-state index is -2.38. The van der Waals surface area contributed by atoms with Crippen LogP contribution in [0, 0.1) is 0 Å². The number of hydrogen-bond donors (Lipinski definition) is 0. The molecule has 0 unspecified atom stereocenters. The fourth-order valence-electron chi connectivity index (χ4n) is 1.06. The highest BCUT2D eigenvalue weighted by Crippen LogP contribution is 2.16. The fraction of sp³-hybridized carbons (Fsp3) is 0.800. The lowest BCUT2D eigenvalue weighted by Gasteiger charge is -2.09. The van der Waals surface area contributed by atoms with E-state index in [1.165, 1.54) is 0 Å². The zero-order valence-electron chi connectivity index (χ0n) is 9.11. The molecule has 0 amide bonds. The summed E-state index contributed by atoms with van der Waals surface area (Å²) in [4.78, 5) is 0. The van der Waals surface area contributed by atoms with Crippen molar-refractivity contribution < 1.29 is 13.5 Å². The van der Waals surface area contributed by atoms with Gasteiger partial charge in [0.15, 0.2) is 0 Å². The van der Waals surface area contributed by atoms with Crippen molar-refractivity contribution in [1.82, 2.24) is 0 Å². The zero-order valence-corrected chi connectivity index (χ0v) is 11.1. The standard InChI is InChI=1S/C10H20F2OSi/c1-9(2)8-13-7-5-3-4-6-10(11,12)14/h1,3-8H2,2,14H3. The van der Waals surface area contributed by atoms with Gasteiger partial charge in [-0.3, -0.25) is 0 Å². The van der Waals surface area contributed by atoms with Crippen LogP contribution in [0.3, 0.4) is 0 Å². The summed E-state index contributed by atoms with van der Waals surface area (Å²) in [6.07, 6.45) is 2.34. The molecule has 0 aliphatic rings. The van der Waals surface area contributed by atoms with E-state index >= 15 is 0 Å². The number of ether oxygens (including phenoxy) is 1. The topological polar surface area (TPSA) is 9.23 Å². The molecule has 0 saturated heterocycles. The molecular weight excluding hydrogens is 202 g/mol. The highest BCUT2D eigenvalue weighted by atomic mass is 28.1. The van der Waals surface area contributed by atoms with Gasteiger partial charge in [0, 0.05) is 13.0 Å². The second kappa shape index (κ2) is 7.12. The SMILES string of the molecule is C=C(C)COCCCCCC(F)(F)[SiH3]. The molecule has 0 saturated carbocycles. The predicted octanol–water partition coefficient (Wildman–Crippen LogP) is 2.10. The van der Waals surface area contributed by atoms with Crippen molar-refractivity contribution in [3.8, 4) is 0 Å². The summed E-state index contributed by atoms with van der Waals surface area (Å²) in [5.41, 5.74) is -1.38. The summed E-state index contributed by atoms with van der Waals surface area (Å²) < 4.78 is 30.1. The molecular formula is C10H20F2OSi. The monoisotopic (exact) mass is 222 g/mol. The van der Waals surface area contributed by atoms with Gasteiger partial charge in [-0.05, 0) is 19.8 Å². The van der Waals surface area contributed by atoms with Gasteiger partial charge >= 0.3 is 0 Å². The summed E-state index contributed by atoms with van der Waals surface area (Å²) in [5.74, 6) is 0. The van der Waals surface area contributed by atoms with Crippen molar-refractivity contribution in [2.24, 2.45) is 0 Å². The molecule has 0 N–H and O–H groups in total. The molecule has 0 atom stereocenters. The van der Waals surface area contributed by atoms with Crippen molar-refractivity contribution in [1.29, 1.82) is 0 Å². The molecule has 4 heteroatoms. The van der Waals surface area contributed by atoms with Gasteiger partial charge in [0.2, 0.25) is 5.55 Å². The highest BCUT2D eigenvalue weighted by molar-refractivity contribution is 6.13. The van der Waals surface area contributed by atoms with Crippen LogP contribution in [0.1, 0.15) is 32.6 Å². The van der Waals surface area contributed by atoms with Gasteiger partial charge in [0.25, 0.3) is 0 Å². The van der Waals surface area contributed by atoms with E-state index in [4.69, 9.17) is 4.74 Å². The van der Waals surface area contributed by atoms with E-state index in [0.29, 0.717) is 19.6 Å². The van der Waals surface area contributed by atoms with Crippen LogP contribution in [0.4, 0.5) is 8.78 Å². The lowest BCUT2D eigenvalue weighted by atomic mass is 10.2. The summed E-state index contributed by atoms with van der Waals surface area (Å²) in [7, 11) is -0.0308. The number of unbranched alkanes of at least 4 members (excludes halogenated alkanes) is 2. The largest absolute Gasteiger partial charge is 0.377 e. The number of alkyl halides is 2. The Morgan fingerprint density at radius 2 is 2.00 bits per heavy atom. The first-order valence-electron chi connectivity index (χ1n) is 5.02. The zero-order chi connectivity index (χ0) is 11.0. The van der Waals surface area contributed by atoms with E-state index in [9.17, 15) is 8.78 Å². The van der Waals surface area contributed by atoms with Gasteiger partial charge < -0.3 is 4.74 Å². The van der Waals surface area contributed by atoms with Gasteiger partial charge in [-0.1, -0.05) is 18.6 Å². The lowest BCUT2D eigenvalue weighted by molar-refractivity contribution is 0.0802. The second-order valence-corrected chi connectivity index (χ2v) is 5.35. The maximum atomic E-state index is 12.4. The summed E-state index contributed by atoms with van der Waals surface area (Å²) in [5, 5.41) is 0. The van der Waals surface area contributed by atoms with Crippen molar-refractivity contribution in [3.63, 3.8) is 0 Å². The normalized spacial score (nSPS) is 11.9. The molecule has 0 fully saturated rings. The maximum Gasteiger partial charge on any atom is 0.219 e. The molecule has 0 aliphatic carbocycles. The molecule has 0 aromatic carbocycles. The van der Waals surface area contributed by atoms with E-state index in [1.54, 1.807) is 0 Å². The predicted molar refractivity (Wildman–Crippen MR) is 59.0 cm³/mol. The Kier molecular flexibility index (Phi) is 7.01. The summed E-state index contributed by atoms with van der Waals surface area (Å²) in [6.45, 7) is 6.84. The molecule has 0 rings (SSSR count). The Morgan fingerprint density at radius 3 is 2.50 bits per heavy atom. The van der Waals surface area contributed by atoms with E-state index in [-0.39, 0.29) is 16.7 Å². The fourth-order valence-corrected chi connectivity index (χ4v) is 1.42. The van der Waals surface area contributed by atoms with Crippen LogP contribution in [-0.2, 0) is 4.74 Å². The quantitative estimate of drug-likeness (QED) is 0.347. The smallest absolute Gasteiger partial charge is 0.219 e.